The van der Waals surface area contributed by atoms with Crippen LogP contribution in [0, 0.1) is 5.92 Å². The van der Waals surface area contributed by atoms with Gasteiger partial charge in [0, 0.05) is 5.54 Å². The SMILES string of the molecule is COc1cccc([C@]23CCC[C@H]2CCN3)c1. The van der Waals surface area contributed by atoms with Crippen molar-refractivity contribution in [3.8, 4) is 5.75 Å². The standard InChI is InChI=1S/C14H19NO/c1-16-13-6-2-4-12(10-13)14-8-3-5-11(14)7-9-15-14/h2,4,6,10-11,15H,3,5,7-9H2,1H3/t11-,14-/m0/s1. The predicted octanol–water partition coefficient (Wildman–Crippen LogP) is 2.68. The molecule has 0 amide bonds. The molecule has 1 aliphatic heterocycles. The summed E-state index contributed by atoms with van der Waals surface area (Å²) in [5, 5.41) is 3.74. The van der Waals surface area contributed by atoms with Crippen LogP contribution in [0.25, 0.3) is 0 Å². The molecule has 1 aromatic rings. The summed E-state index contributed by atoms with van der Waals surface area (Å²) < 4.78 is 5.33. The van der Waals surface area contributed by atoms with Gasteiger partial charge in [-0.1, -0.05) is 18.6 Å². The average Bonchev–Trinajstić information content (AvgIpc) is 2.88. The molecule has 1 aliphatic carbocycles. The van der Waals surface area contributed by atoms with E-state index in [1.54, 1.807) is 7.11 Å². The van der Waals surface area contributed by atoms with Gasteiger partial charge in [0.1, 0.15) is 5.75 Å². The van der Waals surface area contributed by atoms with Crippen LogP contribution in [0.1, 0.15) is 31.2 Å². The maximum absolute atomic E-state index is 5.33. The predicted molar refractivity (Wildman–Crippen MR) is 64.6 cm³/mol. The first-order valence-electron chi connectivity index (χ1n) is 6.25. The molecule has 2 fully saturated rings. The summed E-state index contributed by atoms with van der Waals surface area (Å²) >= 11 is 0. The number of hydrogen-bond acceptors (Lipinski definition) is 2. The Balaban J connectivity index is 2.01. The van der Waals surface area contributed by atoms with E-state index in [0.717, 1.165) is 11.7 Å². The molecule has 2 heteroatoms. The molecule has 16 heavy (non-hydrogen) atoms. The van der Waals surface area contributed by atoms with Gasteiger partial charge in [-0.05, 0) is 49.4 Å². The summed E-state index contributed by atoms with van der Waals surface area (Å²) in [6, 6.07) is 8.59. The van der Waals surface area contributed by atoms with Crippen molar-refractivity contribution in [3.63, 3.8) is 0 Å². The van der Waals surface area contributed by atoms with Gasteiger partial charge in [0.05, 0.1) is 7.11 Å². The maximum atomic E-state index is 5.33. The quantitative estimate of drug-likeness (QED) is 0.822. The van der Waals surface area contributed by atoms with Gasteiger partial charge < -0.3 is 10.1 Å². The molecule has 0 radical (unpaired) electrons. The van der Waals surface area contributed by atoms with Crippen LogP contribution in [0.15, 0.2) is 24.3 Å². The number of benzene rings is 1. The zero-order valence-corrected chi connectivity index (χ0v) is 9.83. The lowest BCUT2D eigenvalue weighted by Gasteiger charge is -2.30. The zero-order chi connectivity index (χ0) is 11.0. The molecular formula is C14H19NO. The van der Waals surface area contributed by atoms with Crippen molar-refractivity contribution >= 4 is 0 Å². The maximum Gasteiger partial charge on any atom is 0.119 e. The van der Waals surface area contributed by atoms with Crippen molar-refractivity contribution in [2.24, 2.45) is 5.92 Å². The highest BCUT2D eigenvalue weighted by molar-refractivity contribution is 5.35. The molecule has 3 rings (SSSR count). The lowest BCUT2D eigenvalue weighted by atomic mass is 9.82. The Kier molecular flexibility index (Phi) is 2.40. The van der Waals surface area contributed by atoms with E-state index in [0.29, 0.717) is 0 Å². The van der Waals surface area contributed by atoms with Crippen molar-refractivity contribution < 1.29 is 4.74 Å². The Morgan fingerprint density at radius 1 is 1.38 bits per heavy atom. The number of ether oxygens (including phenoxy) is 1. The van der Waals surface area contributed by atoms with E-state index in [1.165, 1.54) is 37.8 Å². The first-order chi connectivity index (χ1) is 7.85. The molecule has 1 saturated heterocycles. The molecule has 2 nitrogen and oxygen atoms in total. The summed E-state index contributed by atoms with van der Waals surface area (Å²) in [5.41, 5.74) is 1.68. The second-order valence-corrected chi connectivity index (χ2v) is 5.01. The normalized spacial score (nSPS) is 32.7. The van der Waals surface area contributed by atoms with Gasteiger partial charge in [0.25, 0.3) is 0 Å². The lowest BCUT2D eigenvalue weighted by molar-refractivity contribution is 0.328. The molecule has 1 aromatic carbocycles. The fourth-order valence-electron chi connectivity index (χ4n) is 3.55. The average molecular weight is 217 g/mol. The minimum Gasteiger partial charge on any atom is -0.497 e. The minimum atomic E-state index is 0.258. The molecule has 2 aliphatic rings. The molecule has 1 N–H and O–H groups in total. The van der Waals surface area contributed by atoms with E-state index in [4.69, 9.17) is 4.74 Å². The van der Waals surface area contributed by atoms with Crippen LogP contribution >= 0.6 is 0 Å². The minimum absolute atomic E-state index is 0.258. The van der Waals surface area contributed by atoms with Crippen LogP contribution in [0.4, 0.5) is 0 Å². The van der Waals surface area contributed by atoms with E-state index < -0.39 is 0 Å². The second-order valence-electron chi connectivity index (χ2n) is 5.01. The highest BCUT2D eigenvalue weighted by atomic mass is 16.5. The van der Waals surface area contributed by atoms with Gasteiger partial charge in [-0.3, -0.25) is 0 Å². The topological polar surface area (TPSA) is 21.3 Å². The van der Waals surface area contributed by atoms with Crippen molar-refractivity contribution in [1.82, 2.24) is 5.32 Å². The summed E-state index contributed by atoms with van der Waals surface area (Å²) in [4.78, 5) is 0. The van der Waals surface area contributed by atoms with Gasteiger partial charge in [0.15, 0.2) is 0 Å². The fourth-order valence-corrected chi connectivity index (χ4v) is 3.55. The smallest absolute Gasteiger partial charge is 0.119 e. The van der Waals surface area contributed by atoms with Crippen molar-refractivity contribution in [2.75, 3.05) is 13.7 Å². The Morgan fingerprint density at radius 2 is 2.31 bits per heavy atom. The van der Waals surface area contributed by atoms with Gasteiger partial charge in [-0.25, -0.2) is 0 Å². The van der Waals surface area contributed by atoms with E-state index in [2.05, 4.69) is 23.5 Å². The summed E-state index contributed by atoms with van der Waals surface area (Å²) in [6.07, 6.45) is 5.35. The highest BCUT2D eigenvalue weighted by Crippen LogP contribution is 2.48. The van der Waals surface area contributed by atoms with Crippen molar-refractivity contribution in [1.29, 1.82) is 0 Å². The van der Waals surface area contributed by atoms with Crippen LogP contribution in [-0.2, 0) is 5.54 Å². The van der Waals surface area contributed by atoms with E-state index >= 15 is 0 Å². The van der Waals surface area contributed by atoms with Gasteiger partial charge in [-0.2, -0.15) is 0 Å². The number of rotatable bonds is 2. The number of nitrogens with one attached hydrogen (secondary N) is 1. The van der Waals surface area contributed by atoms with E-state index in [9.17, 15) is 0 Å². The van der Waals surface area contributed by atoms with Gasteiger partial charge in [0.2, 0.25) is 0 Å². The summed E-state index contributed by atoms with van der Waals surface area (Å²) in [6.45, 7) is 1.17. The molecule has 1 heterocycles. The highest BCUT2D eigenvalue weighted by Gasteiger charge is 2.47. The van der Waals surface area contributed by atoms with Crippen LogP contribution in [0.5, 0.6) is 5.75 Å². The zero-order valence-electron chi connectivity index (χ0n) is 9.83. The summed E-state index contributed by atoms with van der Waals surface area (Å²) in [5.74, 6) is 1.81. The molecular weight excluding hydrogens is 198 g/mol. The third kappa shape index (κ3) is 1.36. The third-order valence-corrected chi connectivity index (χ3v) is 4.34. The molecule has 0 aromatic heterocycles. The first-order valence-corrected chi connectivity index (χ1v) is 6.25. The van der Waals surface area contributed by atoms with Crippen LogP contribution in [-0.4, -0.2) is 13.7 Å². The Morgan fingerprint density at radius 3 is 3.19 bits per heavy atom. The fraction of sp³-hybridized carbons (Fsp3) is 0.571. The van der Waals surface area contributed by atoms with Crippen molar-refractivity contribution in [3.05, 3.63) is 29.8 Å². The molecule has 0 bridgehead atoms. The van der Waals surface area contributed by atoms with E-state index in [-0.39, 0.29) is 5.54 Å². The number of hydrogen-bond donors (Lipinski definition) is 1. The van der Waals surface area contributed by atoms with E-state index in [1.807, 2.05) is 6.07 Å². The van der Waals surface area contributed by atoms with Crippen LogP contribution in [0.2, 0.25) is 0 Å². The van der Waals surface area contributed by atoms with Gasteiger partial charge >= 0.3 is 0 Å². The monoisotopic (exact) mass is 217 g/mol. The molecule has 1 saturated carbocycles. The van der Waals surface area contributed by atoms with Gasteiger partial charge in [-0.15, -0.1) is 0 Å². The number of methoxy groups -OCH3 is 1. The molecule has 0 spiro atoms. The Bertz CT molecular complexity index is 378. The van der Waals surface area contributed by atoms with Crippen LogP contribution < -0.4 is 10.1 Å². The molecule has 2 atom stereocenters. The Labute approximate surface area is 97.0 Å². The van der Waals surface area contributed by atoms with Crippen molar-refractivity contribution in [2.45, 2.75) is 31.2 Å². The second kappa shape index (κ2) is 3.77. The van der Waals surface area contributed by atoms with Crippen LogP contribution in [0.3, 0.4) is 0 Å². The number of fused-ring (bicyclic) bond motifs is 1. The third-order valence-electron chi connectivity index (χ3n) is 4.34. The lowest BCUT2D eigenvalue weighted by Crippen LogP contribution is -2.38. The molecule has 86 valence electrons. The largest absolute Gasteiger partial charge is 0.497 e. The first kappa shape index (κ1) is 10.2. The Hall–Kier alpha value is -1.02. The molecule has 0 unspecified atom stereocenters. The summed E-state index contributed by atoms with van der Waals surface area (Å²) in [7, 11) is 1.74.